The second kappa shape index (κ2) is 4.65. The second-order valence-corrected chi connectivity index (χ2v) is 3.40. The van der Waals surface area contributed by atoms with Crippen LogP contribution in [0.15, 0.2) is 18.2 Å². The quantitative estimate of drug-likeness (QED) is 0.525. The van der Waals surface area contributed by atoms with Crippen molar-refractivity contribution in [3.05, 3.63) is 23.8 Å². The lowest BCUT2D eigenvalue weighted by atomic mass is 10.1. The molecule has 82 valence electrons. The molecule has 0 aromatic heterocycles. The van der Waals surface area contributed by atoms with Gasteiger partial charge in [-0.15, -0.1) is 0 Å². The van der Waals surface area contributed by atoms with Crippen LogP contribution in [0.25, 0.3) is 0 Å². The smallest absolute Gasteiger partial charge is 0.253 e. The normalized spacial score (nSPS) is 12.1. The van der Waals surface area contributed by atoms with Crippen LogP contribution in [0.4, 0.5) is 11.4 Å². The summed E-state index contributed by atoms with van der Waals surface area (Å²) < 4.78 is 0. The van der Waals surface area contributed by atoms with E-state index in [0.29, 0.717) is 16.9 Å². The van der Waals surface area contributed by atoms with Gasteiger partial charge in [-0.1, -0.05) is 0 Å². The first kappa shape index (κ1) is 11.3. The minimum atomic E-state index is -0.311. The predicted octanol–water partition coefficient (Wildman–Crippen LogP) is -0.0384. The molecule has 0 spiro atoms. The highest BCUT2D eigenvalue weighted by Gasteiger charge is 2.11. The molecule has 1 amide bonds. The summed E-state index contributed by atoms with van der Waals surface area (Å²) in [6, 6.07) is 4.40. The number of nitrogens with two attached hydrogens (primary N) is 2. The summed E-state index contributed by atoms with van der Waals surface area (Å²) in [6.45, 7) is 1.59. The van der Waals surface area contributed by atoms with Gasteiger partial charge in [0.05, 0.1) is 12.2 Å². The summed E-state index contributed by atoms with van der Waals surface area (Å²) in [5.41, 5.74) is 12.3. The lowest BCUT2D eigenvalue weighted by Crippen LogP contribution is -2.35. The first-order valence-electron chi connectivity index (χ1n) is 4.61. The molecule has 0 aliphatic carbocycles. The number of carbonyl (C=O) groups is 1. The van der Waals surface area contributed by atoms with Crippen LogP contribution in [-0.2, 0) is 0 Å². The number of hydrogen-bond donors (Lipinski definition) is 4. The van der Waals surface area contributed by atoms with E-state index in [1.807, 2.05) is 0 Å². The molecule has 1 aromatic carbocycles. The maximum atomic E-state index is 11.6. The van der Waals surface area contributed by atoms with Crippen molar-refractivity contribution in [1.82, 2.24) is 5.32 Å². The SMILES string of the molecule is CC(CO)NC(=O)c1ccc(N)cc1N. The van der Waals surface area contributed by atoms with Crippen molar-refractivity contribution in [3.8, 4) is 0 Å². The van der Waals surface area contributed by atoms with Crippen LogP contribution in [0.3, 0.4) is 0 Å². The summed E-state index contributed by atoms with van der Waals surface area (Å²) in [5.74, 6) is -0.311. The fraction of sp³-hybridized carbons (Fsp3) is 0.300. The molecule has 1 atom stereocenters. The van der Waals surface area contributed by atoms with Crippen LogP contribution < -0.4 is 16.8 Å². The average molecular weight is 209 g/mol. The Kier molecular flexibility index (Phi) is 3.51. The Morgan fingerprint density at radius 3 is 2.73 bits per heavy atom. The molecule has 0 saturated carbocycles. The summed E-state index contributed by atoms with van der Waals surface area (Å²) in [6.07, 6.45) is 0. The highest BCUT2D eigenvalue weighted by molar-refractivity contribution is 5.99. The monoisotopic (exact) mass is 209 g/mol. The number of aliphatic hydroxyl groups excluding tert-OH is 1. The molecule has 5 heteroatoms. The van der Waals surface area contributed by atoms with Crippen molar-refractivity contribution in [3.63, 3.8) is 0 Å². The minimum Gasteiger partial charge on any atom is -0.399 e. The van der Waals surface area contributed by atoms with Crippen molar-refractivity contribution in [2.45, 2.75) is 13.0 Å². The second-order valence-electron chi connectivity index (χ2n) is 3.40. The van der Waals surface area contributed by atoms with Crippen molar-refractivity contribution in [2.75, 3.05) is 18.1 Å². The number of aliphatic hydroxyl groups is 1. The van der Waals surface area contributed by atoms with Gasteiger partial charge in [-0.2, -0.15) is 0 Å². The molecule has 1 rings (SSSR count). The Bertz CT molecular complexity index is 366. The Morgan fingerprint density at radius 1 is 1.53 bits per heavy atom. The topological polar surface area (TPSA) is 101 Å². The molecule has 0 heterocycles. The molecule has 0 fully saturated rings. The summed E-state index contributed by atoms with van der Waals surface area (Å²) >= 11 is 0. The average Bonchev–Trinajstić information content (AvgIpc) is 2.17. The Morgan fingerprint density at radius 2 is 2.20 bits per heavy atom. The third-order valence-electron chi connectivity index (χ3n) is 1.97. The predicted molar refractivity (Wildman–Crippen MR) is 59.3 cm³/mol. The molecule has 1 unspecified atom stereocenters. The van der Waals surface area contributed by atoms with E-state index in [9.17, 15) is 4.79 Å². The summed E-state index contributed by atoms with van der Waals surface area (Å²) in [7, 11) is 0. The first-order chi connectivity index (χ1) is 7.04. The molecule has 0 aliphatic heterocycles. The lowest BCUT2D eigenvalue weighted by molar-refractivity contribution is 0.0923. The van der Waals surface area contributed by atoms with Crippen LogP contribution in [0, 0.1) is 0 Å². The van der Waals surface area contributed by atoms with Crippen molar-refractivity contribution < 1.29 is 9.90 Å². The van der Waals surface area contributed by atoms with E-state index in [-0.39, 0.29) is 18.6 Å². The number of nitrogen functional groups attached to an aromatic ring is 2. The highest BCUT2D eigenvalue weighted by atomic mass is 16.3. The van der Waals surface area contributed by atoms with E-state index in [1.165, 1.54) is 6.07 Å². The van der Waals surface area contributed by atoms with Gasteiger partial charge in [-0.25, -0.2) is 0 Å². The van der Waals surface area contributed by atoms with Crippen LogP contribution >= 0.6 is 0 Å². The fourth-order valence-electron chi connectivity index (χ4n) is 1.14. The Hall–Kier alpha value is -1.75. The Balaban J connectivity index is 2.82. The molecular formula is C10H15N3O2. The number of amides is 1. The van der Waals surface area contributed by atoms with Gasteiger partial charge in [0.2, 0.25) is 0 Å². The maximum Gasteiger partial charge on any atom is 0.253 e. The molecule has 0 saturated heterocycles. The fourth-order valence-corrected chi connectivity index (χ4v) is 1.14. The Labute approximate surface area is 88.1 Å². The van der Waals surface area contributed by atoms with Gasteiger partial charge in [-0.3, -0.25) is 4.79 Å². The first-order valence-corrected chi connectivity index (χ1v) is 4.61. The maximum absolute atomic E-state index is 11.6. The highest BCUT2D eigenvalue weighted by Crippen LogP contribution is 2.15. The zero-order chi connectivity index (χ0) is 11.4. The van der Waals surface area contributed by atoms with Gasteiger partial charge in [0.15, 0.2) is 0 Å². The van der Waals surface area contributed by atoms with Crippen molar-refractivity contribution in [2.24, 2.45) is 0 Å². The van der Waals surface area contributed by atoms with Gasteiger partial charge in [0.1, 0.15) is 0 Å². The zero-order valence-electron chi connectivity index (χ0n) is 8.53. The van der Waals surface area contributed by atoms with Gasteiger partial charge in [0, 0.05) is 17.4 Å². The van der Waals surface area contributed by atoms with Crippen LogP contribution in [0.1, 0.15) is 17.3 Å². The molecule has 15 heavy (non-hydrogen) atoms. The molecule has 6 N–H and O–H groups in total. The zero-order valence-corrected chi connectivity index (χ0v) is 8.53. The molecule has 5 nitrogen and oxygen atoms in total. The van der Waals surface area contributed by atoms with Crippen LogP contribution in [0.5, 0.6) is 0 Å². The van der Waals surface area contributed by atoms with Gasteiger partial charge < -0.3 is 21.9 Å². The minimum absolute atomic E-state index is 0.110. The molecule has 0 bridgehead atoms. The van der Waals surface area contributed by atoms with E-state index >= 15 is 0 Å². The van der Waals surface area contributed by atoms with Crippen LogP contribution in [-0.4, -0.2) is 23.7 Å². The van der Waals surface area contributed by atoms with E-state index in [0.717, 1.165) is 0 Å². The molecular weight excluding hydrogens is 194 g/mol. The number of nitrogens with one attached hydrogen (secondary N) is 1. The number of anilines is 2. The number of carbonyl (C=O) groups excluding carboxylic acids is 1. The third kappa shape index (κ3) is 2.85. The third-order valence-corrected chi connectivity index (χ3v) is 1.97. The standard InChI is InChI=1S/C10H15N3O2/c1-6(5-14)13-10(15)8-3-2-7(11)4-9(8)12/h2-4,6,14H,5,11-12H2,1H3,(H,13,15). The summed E-state index contributed by atoms with van der Waals surface area (Å²) in [4.78, 5) is 11.6. The van der Waals surface area contributed by atoms with Gasteiger partial charge in [-0.05, 0) is 25.1 Å². The van der Waals surface area contributed by atoms with E-state index in [2.05, 4.69) is 5.32 Å². The molecule has 0 radical (unpaired) electrons. The van der Waals surface area contributed by atoms with Crippen molar-refractivity contribution >= 4 is 17.3 Å². The van der Waals surface area contributed by atoms with Gasteiger partial charge >= 0.3 is 0 Å². The van der Waals surface area contributed by atoms with E-state index in [4.69, 9.17) is 16.6 Å². The van der Waals surface area contributed by atoms with E-state index < -0.39 is 0 Å². The van der Waals surface area contributed by atoms with Gasteiger partial charge in [0.25, 0.3) is 5.91 Å². The number of benzene rings is 1. The number of rotatable bonds is 3. The van der Waals surface area contributed by atoms with Crippen molar-refractivity contribution in [1.29, 1.82) is 0 Å². The van der Waals surface area contributed by atoms with E-state index in [1.54, 1.807) is 19.1 Å². The molecule has 0 aliphatic rings. The largest absolute Gasteiger partial charge is 0.399 e. The number of hydrogen-bond acceptors (Lipinski definition) is 4. The molecule has 1 aromatic rings. The summed E-state index contributed by atoms with van der Waals surface area (Å²) in [5, 5.41) is 11.4. The van der Waals surface area contributed by atoms with Crippen LogP contribution in [0.2, 0.25) is 0 Å². The lowest BCUT2D eigenvalue weighted by Gasteiger charge is -2.12.